The van der Waals surface area contributed by atoms with Gasteiger partial charge in [0.2, 0.25) is 0 Å². The number of halogens is 4. The second kappa shape index (κ2) is 6.99. The van der Waals surface area contributed by atoms with Crippen molar-refractivity contribution in [3.05, 3.63) is 34.4 Å². The molecule has 8 heteroatoms. The van der Waals surface area contributed by atoms with Gasteiger partial charge in [-0.25, -0.2) is 0 Å². The number of aryl methyl sites for hydroxylation is 1. The van der Waals surface area contributed by atoms with Gasteiger partial charge < -0.3 is 9.47 Å². The lowest BCUT2D eigenvalue weighted by molar-refractivity contribution is -0.148. The second-order valence-corrected chi connectivity index (χ2v) is 7.09. The van der Waals surface area contributed by atoms with Crippen LogP contribution >= 0.6 is 15.9 Å². The van der Waals surface area contributed by atoms with E-state index in [4.69, 9.17) is 0 Å². The number of benzene rings is 1. The molecule has 2 aromatic rings. The SMILES string of the molecule is CCn1cc(C(=O)N2CCN(CC(F)(F)F)CC2)c2ccc(Br)cc21. The van der Waals surface area contributed by atoms with Gasteiger partial charge in [0.25, 0.3) is 5.91 Å². The van der Waals surface area contributed by atoms with Crippen molar-refractivity contribution < 1.29 is 18.0 Å². The van der Waals surface area contributed by atoms with Crippen LogP contribution in [-0.2, 0) is 6.54 Å². The first-order valence-corrected chi connectivity index (χ1v) is 8.94. The van der Waals surface area contributed by atoms with Crippen molar-refractivity contribution in [1.82, 2.24) is 14.4 Å². The summed E-state index contributed by atoms with van der Waals surface area (Å²) in [6.45, 7) is 2.92. The number of piperazine rings is 1. The minimum atomic E-state index is -4.20. The summed E-state index contributed by atoms with van der Waals surface area (Å²) < 4.78 is 40.4. The fourth-order valence-electron chi connectivity index (χ4n) is 3.23. The average molecular weight is 418 g/mol. The van der Waals surface area contributed by atoms with Gasteiger partial charge in [-0.05, 0) is 19.1 Å². The Bertz CT molecular complexity index is 779. The van der Waals surface area contributed by atoms with Crippen LogP contribution in [0.3, 0.4) is 0 Å². The first kappa shape index (κ1) is 18.3. The van der Waals surface area contributed by atoms with Gasteiger partial charge in [-0.1, -0.05) is 22.0 Å². The van der Waals surface area contributed by atoms with Crippen LogP contribution in [0.4, 0.5) is 13.2 Å². The van der Waals surface area contributed by atoms with Gasteiger partial charge in [0, 0.05) is 54.3 Å². The fraction of sp³-hybridized carbons (Fsp3) is 0.471. The molecule has 2 heterocycles. The number of rotatable bonds is 3. The van der Waals surface area contributed by atoms with E-state index in [-0.39, 0.29) is 19.0 Å². The van der Waals surface area contributed by atoms with Crippen molar-refractivity contribution >= 4 is 32.7 Å². The molecule has 1 aromatic carbocycles. The summed E-state index contributed by atoms with van der Waals surface area (Å²) in [5, 5.41) is 0.868. The van der Waals surface area contributed by atoms with Crippen LogP contribution in [-0.4, -0.2) is 59.2 Å². The zero-order valence-corrected chi connectivity index (χ0v) is 15.4. The Morgan fingerprint density at radius 3 is 2.48 bits per heavy atom. The molecule has 4 nitrogen and oxygen atoms in total. The molecule has 0 bridgehead atoms. The summed E-state index contributed by atoms with van der Waals surface area (Å²) in [6, 6.07) is 5.76. The van der Waals surface area contributed by atoms with E-state index >= 15 is 0 Å². The molecule has 0 atom stereocenters. The number of carbonyl (C=O) groups excluding carboxylic acids is 1. The third kappa shape index (κ3) is 4.00. The number of amides is 1. The van der Waals surface area contributed by atoms with Gasteiger partial charge in [-0.15, -0.1) is 0 Å². The highest BCUT2D eigenvalue weighted by Crippen LogP contribution is 2.27. The molecule has 1 fully saturated rings. The highest BCUT2D eigenvalue weighted by Gasteiger charge is 2.33. The van der Waals surface area contributed by atoms with Crippen LogP contribution in [0.2, 0.25) is 0 Å². The van der Waals surface area contributed by atoms with Crippen LogP contribution in [0, 0.1) is 0 Å². The van der Waals surface area contributed by atoms with Crippen molar-refractivity contribution in [3.8, 4) is 0 Å². The number of aromatic nitrogens is 1. The molecule has 1 aliphatic rings. The molecule has 0 saturated carbocycles. The summed E-state index contributed by atoms with van der Waals surface area (Å²) in [5.74, 6) is -0.119. The van der Waals surface area contributed by atoms with Gasteiger partial charge in [-0.2, -0.15) is 13.2 Å². The van der Waals surface area contributed by atoms with E-state index in [2.05, 4.69) is 15.9 Å². The van der Waals surface area contributed by atoms with E-state index in [1.54, 1.807) is 4.90 Å². The molecule has 1 saturated heterocycles. The normalized spacial score (nSPS) is 16.6. The Hall–Kier alpha value is -1.54. The lowest BCUT2D eigenvalue weighted by atomic mass is 10.1. The Kier molecular flexibility index (Phi) is 5.11. The van der Waals surface area contributed by atoms with E-state index in [1.807, 2.05) is 35.9 Å². The summed E-state index contributed by atoms with van der Waals surface area (Å²) in [4.78, 5) is 15.9. The monoisotopic (exact) mass is 417 g/mol. The van der Waals surface area contributed by atoms with Gasteiger partial charge >= 0.3 is 6.18 Å². The van der Waals surface area contributed by atoms with Gasteiger partial charge in [0.15, 0.2) is 0 Å². The zero-order valence-electron chi connectivity index (χ0n) is 13.8. The van der Waals surface area contributed by atoms with E-state index in [1.165, 1.54) is 4.90 Å². The molecule has 0 N–H and O–H groups in total. The van der Waals surface area contributed by atoms with E-state index < -0.39 is 12.7 Å². The first-order chi connectivity index (χ1) is 11.8. The lowest BCUT2D eigenvalue weighted by Gasteiger charge is -2.34. The number of alkyl halides is 3. The molecule has 0 radical (unpaired) electrons. The van der Waals surface area contributed by atoms with Gasteiger partial charge in [-0.3, -0.25) is 9.69 Å². The Morgan fingerprint density at radius 1 is 1.20 bits per heavy atom. The van der Waals surface area contributed by atoms with Crippen molar-refractivity contribution in [2.75, 3.05) is 32.7 Å². The van der Waals surface area contributed by atoms with Crippen LogP contribution in [0.25, 0.3) is 10.9 Å². The van der Waals surface area contributed by atoms with Crippen molar-refractivity contribution in [2.45, 2.75) is 19.6 Å². The van der Waals surface area contributed by atoms with Crippen LogP contribution in [0.1, 0.15) is 17.3 Å². The largest absolute Gasteiger partial charge is 0.401 e. The molecule has 0 unspecified atom stereocenters. The molecule has 136 valence electrons. The summed E-state index contributed by atoms with van der Waals surface area (Å²) >= 11 is 3.44. The highest BCUT2D eigenvalue weighted by atomic mass is 79.9. The average Bonchev–Trinajstić information content (AvgIpc) is 2.91. The summed E-state index contributed by atoms with van der Waals surface area (Å²) in [7, 11) is 0. The molecule has 0 spiro atoms. The Morgan fingerprint density at radius 2 is 1.88 bits per heavy atom. The molecule has 3 rings (SSSR count). The predicted octanol–water partition coefficient (Wildman–Crippen LogP) is 3.74. The minimum Gasteiger partial charge on any atom is -0.347 e. The van der Waals surface area contributed by atoms with E-state index in [0.717, 1.165) is 21.9 Å². The van der Waals surface area contributed by atoms with Crippen LogP contribution < -0.4 is 0 Å². The molecule has 0 aliphatic carbocycles. The van der Waals surface area contributed by atoms with Crippen LogP contribution in [0.15, 0.2) is 28.9 Å². The Labute approximate surface area is 152 Å². The maximum Gasteiger partial charge on any atom is 0.401 e. The summed E-state index contributed by atoms with van der Waals surface area (Å²) in [5.41, 5.74) is 1.57. The molecule has 1 aromatic heterocycles. The highest BCUT2D eigenvalue weighted by molar-refractivity contribution is 9.10. The van der Waals surface area contributed by atoms with E-state index in [0.29, 0.717) is 18.7 Å². The molecule has 25 heavy (non-hydrogen) atoms. The maximum atomic E-state index is 12.9. The number of hydrogen-bond donors (Lipinski definition) is 0. The maximum absolute atomic E-state index is 12.9. The predicted molar refractivity (Wildman–Crippen MR) is 93.7 cm³/mol. The molecular weight excluding hydrogens is 399 g/mol. The smallest absolute Gasteiger partial charge is 0.347 e. The third-order valence-electron chi connectivity index (χ3n) is 4.48. The fourth-order valence-corrected chi connectivity index (χ4v) is 3.58. The molecule has 1 aliphatic heterocycles. The number of carbonyl (C=O) groups is 1. The van der Waals surface area contributed by atoms with Gasteiger partial charge in [0.05, 0.1) is 12.1 Å². The number of fused-ring (bicyclic) bond motifs is 1. The number of nitrogens with zero attached hydrogens (tertiary/aromatic N) is 3. The Balaban J connectivity index is 1.77. The zero-order chi connectivity index (χ0) is 18.2. The van der Waals surface area contributed by atoms with Gasteiger partial charge in [0.1, 0.15) is 0 Å². The second-order valence-electron chi connectivity index (χ2n) is 6.17. The van der Waals surface area contributed by atoms with Crippen molar-refractivity contribution in [2.24, 2.45) is 0 Å². The minimum absolute atomic E-state index is 0.119. The molecule has 1 amide bonds. The standard InChI is InChI=1S/C17H19BrF3N3O/c1-2-23-10-14(13-4-3-12(18)9-15(13)23)16(25)24-7-5-22(6-8-24)11-17(19,20)21/h3-4,9-10H,2,5-8,11H2,1H3. The summed E-state index contributed by atoms with van der Waals surface area (Å²) in [6.07, 6.45) is -2.37. The first-order valence-electron chi connectivity index (χ1n) is 8.15. The van der Waals surface area contributed by atoms with Crippen molar-refractivity contribution in [3.63, 3.8) is 0 Å². The quantitative estimate of drug-likeness (QED) is 0.760. The molecular formula is C17H19BrF3N3O. The lowest BCUT2D eigenvalue weighted by Crippen LogP contribution is -2.50. The number of hydrogen-bond acceptors (Lipinski definition) is 2. The third-order valence-corrected chi connectivity index (χ3v) is 4.97. The van der Waals surface area contributed by atoms with E-state index in [9.17, 15) is 18.0 Å². The van der Waals surface area contributed by atoms with Crippen molar-refractivity contribution in [1.29, 1.82) is 0 Å². The topological polar surface area (TPSA) is 28.5 Å². The van der Waals surface area contributed by atoms with Crippen LogP contribution in [0.5, 0.6) is 0 Å².